The molecular formula is C14H16BN3O4S. The van der Waals surface area contributed by atoms with Gasteiger partial charge in [0.05, 0.1) is 11.0 Å². The third kappa shape index (κ3) is 3.04. The standard InChI is InChI=1S/C14H16BN3O4S/c16-8-14-12-6-3-10(7-13(12)15(19)22-14)18-23(20,21)11-4-1-9(17)2-5-11/h1-7,14,18-19H,8,16-17H2. The number of nitrogens with one attached hydrogen (secondary N) is 1. The first kappa shape index (κ1) is 15.8. The maximum atomic E-state index is 12.3. The van der Waals surface area contributed by atoms with E-state index in [1.165, 1.54) is 24.3 Å². The fourth-order valence-corrected chi connectivity index (χ4v) is 3.54. The predicted molar refractivity (Wildman–Crippen MR) is 88.6 cm³/mol. The van der Waals surface area contributed by atoms with E-state index < -0.39 is 17.1 Å². The summed E-state index contributed by atoms with van der Waals surface area (Å²) in [5.74, 6) is 0. The Morgan fingerprint density at radius 3 is 2.57 bits per heavy atom. The van der Waals surface area contributed by atoms with Gasteiger partial charge in [-0.1, -0.05) is 6.07 Å². The lowest BCUT2D eigenvalue weighted by atomic mass is 9.79. The second-order valence-electron chi connectivity index (χ2n) is 5.23. The summed E-state index contributed by atoms with van der Waals surface area (Å²) < 4.78 is 32.5. The molecule has 0 aromatic heterocycles. The predicted octanol–water partition coefficient (Wildman–Crippen LogP) is -0.213. The highest BCUT2D eigenvalue weighted by atomic mass is 32.2. The Hall–Kier alpha value is -2.07. The number of nitrogen functional groups attached to an aromatic ring is 1. The van der Waals surface area contributed by atoms with Crippen molar-refractivity contribution in [2.75, 3.05) is 17.0 Å². The highest BCUT2D eigenvalue weighted by Crippen LogP contribution is 2.25. The van der Waals surface area contributed by atoms with E-state index in [-0.39, 0.29) is 17.5 Å². The summed E-state index contributed by atoms with van der Waals surface area (Å²) >= 11 is 0. The largest absolute Gasteiger partial charge is 0.492 e. The zero-order chi connectivity index (χ0) is 16.6. The van der Waals surface area contributed by atoms with Crippen LogP contribution in [0.15, 0.2) is 47.4 Å². The van der Waals surface area contributed by atoms with Gasteiger partial charge in [-0.3, -0.25) is 4.72 Å². The van der Waals surface area contributed by atoms with Gasteiger partial charge in [0.15, 0.2) is 0 Å². The van der Waals surface area contributed by atoms with E-state index in [0.717, 1.165) is 5.56 Å². The molecule has 0 fully saturated rings. The molecule has 0 bridgehead atoms. The second-order valence-corrected chi connectivity index (χ2v) is 6.91. The summed E-state index contributed by atoms with van der Waals surface area (Å²) in [6, 6.07) is 10.7. The number of hydrogen-bond acceptors (Lipinski definition) is 6. The van der Waals surface area contributed by atoms with Gasteiger partial charge >= 0.3 is 7.12 Å². The van der Waals surface area contributed by atoms with Crippen molar-refractivity contribution in [3.8, 4) is 0 Å². The van der Waals surface area contributed by atoms with Crippen molar-refractivity contribution in [1.82, 2.24) is 0 Å². The molecule has 6 N–H and O–H groups in total. The lowest BCUT2D eigenvalue weighted by Crippen LogP contribution is -2.28. The van der Waals surface area contributed by atoms with Gasteiger partial charge in [-0.25, -0.2) is 8.42 Å². The van der Waals surface area contributed by atoms with Crippen LogP contribution in [0.25, 0.3) is 0 Å². The zero-order valence-corrected chi connectivity index (χ0v) is 13.0. The Balaban J connectivity index is 1.89. The summed E-state index contributed by atoms with van der Waals surface area (Å²) in [5.41, 5.74) is 13.2. The fraction of sp³-hybridized carbons (Fsp3) is 0.143. The van der Waals surface area contributed by atoms with Gasteiger partial charge in [0.25, 0.3) is 10.0 Å². The minimum Gasteiger partial charge on any atom is -0.423 e. The summed E-state index contributed by atoms with van der Waals surface area (Å²) in [5, 5.41) is 9.88. The first-order valence-corrected chi connectivity index (χ1v) is 8.45. The quantitative estimate of drug-likeness (QED) is 0.453. The minimum absolute atomic E-state index is 0.101. The van der Waals surface area contributed by atoms with E-state index in [4.69, 9.17) is 16.1 Å². The van der Waals surface area contributed by atoms with Crippen LogP contribution in [-0.4, -0.2) is 27.1 Å². The van der Waals surface area contributed by atoms with Crippen LogP contribution in [0.3, 0.4) is 0 Å². The van der Waals surface area contributed by atoms with E-state index in [1.54, 1.807) is 18.2 Å². The van der Waals surface area contributed by atoms with E-state index >= 15 is 0 Å². The van der Waals surface area contributed by atoms with Gasteiger partial charge in [0.1, 0.15) is 0 Å². The molecule has 0 amide bonds. The fourth-order valence-electron chi connectivity index (χ4n) is 2.49. The molecule has 0 saturated heterocycles. The Morgan fingerprint density at radius 1 is 1.22 bits per heavy atom. The van der Waals surface area contributed by atoms with Crippen molar-refractivity contribution < 1.29 is 18.1 Å². The molecule has 0 radical (unpaired) electrons. The summed E-state index contributed by atoms with van der Waals surface area (Å²) in [4.78, 5) is 0.101. The molecule has 1 unspecified atom stereocenters. The van der Waals surface area contributed by atoms with Crippen LogP contribution < -0.4 is 21.7 Å². The summed E-state index contributed by atoms with van der Waals surface area (Å²) in [6.07, 6.45) is -0.386. The van der Waals surface area contributed by atoms with Crippen LogP contribution in [0, 0.1) is 0 Å². The topological polar surface area (TPSA) is 128 Å². The second kappa shape index (κ2) is 5.86. The smallest absolute Gasteiger partial charge is 0.423 e. The molecule has 1 atom stereocenters. The van der Waals surface area contributed by atoms with Gasteiger partial charge in [-0.15, -0.1) is 0 Å². The number of sulfonamides is 1. The molecule has 23 heavy (non-hydrogen) atoms. The van der Waals surface area contributed by atoms with Crippen molar-refractivity contribution in [1.29, 1.82) is 0 Å². The van der Waals surface area contributed by atoms with Gasteiger partial charge in [0.2, 0.25) is 0 Å². The maximum Gasteiger partial charge on any atom is 0.492 e. The third-order valence-corrected chi connectivity index (χ3v) is 5.05. The maximum absolute atomic E-state index is 12.3. The van der Waals surface area contributed by atoms with Crippen LogP contribution in [0.1, 0.15) is 11.7 Å². The van der Waals surface area contributed by atoms with E-state index in [2.05, 4.69) is 4.72 Å². The number of rotatable bonds is 4. The summed E-state index contributed by atoms with van der Waals surface area (Å²) in [7, 11) is -4.85. The monoisotopic (exact) mass is 333 g/mol. The summed E-state index contributed by atoms with van der Waals surface area (Å²) in [6.45, 7) is 0.237. The molecule has 1 aliphatic heterocycles. The van der Waals surface area contributed by atoms with Crippen LogP contribution in [0.2, 0.25) is 0 Å². The lowest BCUT2D eigenvalue weighted by Gasteiger charge is -2.11. The Morgan fingerprint density at radius 2 is 1.91 bits per heavy atom. The normalized spacial score (nSPS) is 17.1. The molecule has 120 valence electrons. The van der Waals surface area contributed by atoms with Crippen molar-refractivity contribution in [3.05, 3.63) is 48.0 Å². The van der Waals surface area contributed by atoms with Crippen molar-refractivity contribution in [3.63, 3.8) is 0 Å². The number of anilines is 2. The van der Waals surface area contributed by atoms with Gasteiger partial charge < -0.3 is 21.1 Å². The van der Waals surface area contributed by atoms with Crippen LogP contribution in [0.5, 0.6) is 0 Å². The molecule has 2 aromatic carbocycles. The van der Waals surface area contributed by atoms with Crippen molar-refractivity contribution >= 4 is 34.0 Å². The minimum atomic E-state index is -3.74. The number of hydrogen-bond donors (Lipinski definition) is 4. The average molecular weight is 333 g/mol. The van der Waals surface area contributed by atoms with Gasteiger partial charge in [0, 0.05) is 17.9 Å². The number of nitrogens with two attached hydrogens (primary N) is 2. The number of benzene rings is 2. The average Bonchev–Trinajstić information content (AvgIpc) is 2.83. The van der Waals surface area contributed by atoms with Gasteiger partial charge in [-0.2, -0.15) is 0 Å². The van der Waals surface area contributed by atoms with Crippen LogP contribution >= 0.6 is 0 Å². The first-order chi connectivity index (χ1) is 10.9. The highest BCUT2D eigenvalue weighted by Gasteiger charge is 2.34. The first-order valence-electron chi connectivity index (χ1n) is 6.96. The molecule has 2 aromatic rings. The molecular weight excluding hydrogens is 317 g/mol. The SMILES string of the molecule is NCC1OB(O)c2cc(NS(=O)(=O)c3ccc(N)cc3)ccc21. The number of fused-ring (bicyclic) bond motifs is 1. The van der Waals surface area contributed by atoms with E-state index in [1.807, 2.05) is 0 Å². The zero-order valence-electron chi connectivity index (χ0n) is 12.1. The molecule has 7 nitrogen and oxygen atoms in total. The molecule has 0 aliphatic carbocycles. The molecule has 1 heterocycles. The van der Waals surface area contributed by atoms with E-state index in [0.29, 0.717) is 16.8 Å². The third-order valence-electron chi connectivity index (χ3n) is 3.65. The molecule has 3 rings (SSSR count). The Labute approximate surface area is 134 Å². The van der Waals surface area contributed by atoms with Gasteiger partial charge in [-0.05, 0) is 47.4 Å². The van der Waals surface area contributed by atoms with Crippen molar-refractivity contribution in [2.45, 2.75) is 11.0 Å². The van der Waals surface area contributed by atoms with E-state index in [9.17, 15) is 13.4 Å². The Bertz CT molecular complexity index is 826. The van der Waals surface area contributed by atoms with Crippen LogP contribution in [-0.2, 0) is 14.7 Å². The Kier molecular flexibility index (Phi) is 4.03. The molecule has 1 aliphatic rings. The van der Waals surface area contributed by atoms with Crippen LogP contribution in [0.4, 0.5) is 11.4 Å². The molecule has 9 heteroatoms. The highest BCUT2D eigenvalue weighted by molar-refractivity contribution is 7.92. The molecule has 0 saturated carbocycles. The van der Waals surface area contributed by atoms with Crippen molar-refractivity contribution in [2.24, 2.45) is 5.73 Å². The molecule has 0 spiro atoms. The lowest BCUT2D eigenvalue weighted by molar-refractivity contribution is 0.198.